The third-order valence-electron chi connectivity index (χ3n) is 3.42. The average Bonchev–Trinajstić information content (AvgIpc) is 2.46. The number of nitrogens with zero attached hydrogens (tertiary/aromatic N) is 1. The smallest absolute Gasteiger partial charge is 0.253 e. The first-order chi connectivity index (χ1) is 11.0. The van der Waals surface area contributed by atoms with Crippen LogP contribution >= 0.6 is 23.2 Å². The molecule has 5 nitrogen and oxygen atoms in total. The predicted molar refractivity (Wildman–Crippen MR) is 98.7 cm³/mol. The molecule has 1 rings (SSSR count). The second kappa shape index (κ2) is 8.70. The van der Waals surface area contributed by atoms with E-state index >= 15 is 0 Å². The second-order valence-electron chi connectivity index (χ2n) is 6.92. The van der Waals surface area contributed by atoms with Gasteiger partial charge in [-0.2, -0.15) is 0 Å². The van der Waals surface area contributed by atoms with Crippen molar-refractivity contribution in [3.8, 4) is 0 Å². The molecule has 134 valence electrons. The van der Waals surface area contributed by atoms with Crippen molar-refractivity contribution in [3.63, 3.8) is 0 Å². The Bertz CT molecular complexity index is 603. The molecule has 0 aromatic heterocycles. The first kappa shape index (κ1) is 20.7. The monoisotopic (exact) mass is 373 g/mol. The van der Waals surface area contributed by atoms with E-state index in [0.717, 1.165) is 6.54 Å². The Morgan fingerprint density at radius 3 is 2.46 bits per heavy atom. The fourth-order valence-electron chi connectivity index (χ4n) is 2.41. The van der Waals surface area contributed by atoms with E-state index in [0.29, 0.717) is 11.6 Å². The van der Waals surface area contributed by atoms with Gasteiger partial charge in [0.05, 0.1) is 15.6 Å². The summed E-state index contributed by atoms with van der Waals surface area (Å²) in [5, 5.41) is 5.98. The van der Waals surface area contributed by atoms with Crippen LogP contribution in [-0.4, -0.2) is 49.9 Å². The van der Waals surface area contributed by atoms with E-state index < -0.39 is 11.9 Å². The van der Waals surface area contributed by atoms with E-state index in [1.54, 1.807) is 25.1 Å². The summed E-state index contributed by atoms with van der Waals surface area (Å²) in [5.74, 6) is -0.675. The summed E-state index contributed by atoms with van der Waals surface area (Å²) >= 11 is 11.9. The number of benzene rings is 1. The lowest BCUT2D eigenvalue weighted by Crippen LogP contribution is -2.48. The Morgan fingerprint density at radius 1 is 1.25 bits per heavy atom. The van der Waals surface area contributed by atoms with E-state index in [9.17, 15) is 9.59 Å². The number of rotatable bonds is 7. The largest absolute Gasteiger partial charge is 0.354 e. The Hall–Kier alpha value is -1.30. The van der Waals surface area contributed by atoms with Gasteiger partial charge in [0.1, 0.15) is 6.04 Å². The second-order valence-corrected chi connectivity index (χ2v) is 7.70. The summed E-state index contributed by atoms with van der Waals surface area (Å²) in [6.45, 7) is 7.13. The number of nitrogens with one attached hydrogen (secondary N) is 2. The van der Waals surface area contributed by atoms with Crippen molar-refractivity contribution in [1.82, 2.24) is 15.5 Å². The SMILES string of the molecule is CC(NC(=O)c1cccc(Cl)c1Cl)C(=O)NCC(C)(C)CN(C)C. The molecule has 0 fully saturated rings. The lowest BCUT2D eigenvalue weighted by atomic mass is 9.93. The van der Waals surface area contributed by atoms with Crippen molar-refractivity contribution in [2.45, 2.75) is 26.8 Å². The van der Waals surface area contributed by atoms with Gasteiger partial charge in [-0.15, -0.1) is 0 Å². The van der Waals surface area contributed by atoms with Crippen LogP contribution in [0, 0.1) is 5.41 Å². The van der Waals surface area contributed by atoms with E-state index in [4.69, 9.17) is 23.2 Å². The zero-order chi connectivity index (χ0) is 18.5. The standard InChI is InChI=1S/C17H25Cl2N3O2/c1-11(15(23)20-9-17(2,3)10-22(4)5)21-16(24)12-7-6-8-13(18)14(12)19/h6-8,11H,9-10H2,1-5H3,(H,20,23)(H,21,24). The molecule has 1 unspecified atom stereocenters. The van der Waals surface area contributed by atoms with Gasteiger partial charge in [-0.1, -0.05) is 43.1 Å². The fourth-order valence-corrected chi connectivity index (χ4v) is 2.80. The Morgan fingerprint density at radius 2 is 1.88 bits per heavy atom. The van der Waals surface area contributed by atoms with E-state index in [-0.39, 0.29) is 21.9 Å². The Balaban J connectivity index is 2.61. The first-order valence-corrected chi connectivity index (χ1v) is 8.46. The molecule has 0 aliphatic heterocycles. The van der Waals surface area contributed by atoms with Gasteiger partial charge < -0.3 is 15.5 Å². The number of halogens is 2. The lowest BCUT2D eigenvalue weighted by Gasteiger charge is -2.29. The van der Waals surface area contributed by atoms with E-state index in [1.807, 2.05) is 14.1 Å². The van der Waals surface area contributed by atoms with Crippen molar-refractivity contribution in [3.05, 3.63) is 33.8 Å². The summed E-state index contributed by atoms with van der Waals surface area (Å²) in [5.41, 5.74) is 0.177. The topological polar surface area (TPSA) is 61.4 Å². The molecule has 1 aromatic carbocycles. The van der Waals surface area contributed by atoms with Gasteiger partial charge in [-0.3, -0.25) is 9.59 Å². The number of hydrogen-bond acceptors (Lipinski definition) is 3. The molecule has 2 amide bonds. The highest BCUT2D eigenvalue weighted by molar-refractivity contribution is 6.43. The minimum Gasteiger partial charge on any atom is -0.354 e. The molecule has 0 spiro atoms. The zero-order valence-corrected chi connectivity index (χ0v) is 16.3. The summed E-state index contributed by atoms with van der Waals surface area (Å²) in [6.07, 6.45) is 0. The molecule has 0 radical (unpaired) electrons. The maximum absolute atomic E-state index is 12.2. The summed E-state index contributed by atoms with van der Waals surface area (Å²) in [7, 11) is 3.97. The van der Waals surface area contributed by atoms with Crippen molar-refractivity contribution >= 4 is 35.0 Å². The highest BCUT2D eigenvalue weighted by Crippen LogP contribution is 2.25. The molecule has 1 atom stereocenters. The van der Waals surface area contributed by atoms with Crippen molar-refractivity contribution in [2.24, 2.45) is 5.41 Å². The maximum Gasteiger partial charge on any atom is 0.253 e. The van der Waals surface area contributed by atoms with Crippen LogP contribution in [0.3, 0.4) is 0 Å². The van der Waals surface area contributed by atoms with Crippen molar-refractivity contribution < 1.29 is 9.59 Å². The van der Waals surface area contributed by atoms with Crippen LogP contribution in [0.1, 0.15) is 31.1 Å². The number of carbonyl (C=O) groups excluding carboxylic acids is 2. The molecule has 0 saturated heterocycles. The van der Waals surface area contributed by atoms with Crippen LogP contribution in [0.2, 0.25) is 10.0 Å². The summed E-state index contributed by atoms with van der Waals surface area (Å²) in [4.78, 5) is 26.5. The predicted octanol–water partition coefficient (Wildman–Crippen LogP) is 2.82. The van der Waals surface area contributed by atoms with Crippen LogP contribution in [0.15, 0.2) is 18.2 Å². The van der Waals surface area contributed by atoms with Gasteiger partial charge in [0.15, 0.2) is 0 Å². The minimum absolute atomic E-state index is 0.0703. The van der Waals surface area contributed by atoms with Gasteiger partial charge in [-0.25, -0.2) is 0 Å². The normalized spacial score (nSPS) is 12.8. The molecule has 24 heavy (non-hydrogen) atoms. The van der Waals surface area contributed by atoms with Crippen LogP contribution in [0.25, 0.3) is 0 Å². The van der Waals surface area contributed by atoms with Gasteiger partial charge in [-0.05, 0) is 38.6 Å². The molecule has 2 N–H and O–H groups in total. The molecule has 1 aromatic rings. The molecular formula is C17H25Cl2N3O2. The highest BCUT2D eigenvalue weighted by atomic mass is 35.5. The van der Waals surface area contributed by atoms with Gasteiger partial charge in [0.25, 0.3) is 5.91 Å². The molecule has 0 aliphatic rings. The van der Waals surface area contributed by atoms with Crippen molar-refractivity contribution in [1.29, 1.82) is 0 Å². The zero-order valence-electron chi connectivity index (χ0n) is 14.7. The van der Waals surface area contributed by atoms with Crippen LogP contribution in [0.5, 0.6) is 0 Å². The summed E-state index contributed by atoms with van der Waals surface area (Å²) in [6, 6.07) is 4.12. The number of amides is 2. The highest BCUT2D eigenvalue weighted by Gasteiger charge is 2.23. The minimum atomic E-state index is -0.678. The van der Waals surface area contributed by atoms with Crippen LogP contribution < -0.4 is 10.6 Å². The molecular weight excluding hydrogens is 349 g/mol. The van der Waals surface area contributed by atoms with E-state index in [2.05, 4.69) is 29.4 Å². The fraction of sp³-hybridized carbons (Fsp3) is 0.529. The average molecular weight is 374 g/mol. The molecule has 0 saturated carbocycles. The van der Waals surface area contributed by atoms with Crippen molar-refractivity contribution in [2.75, 3.05) is 27.2 Å². The maximum atomic E-state index is 12.2. The third kappa shape index (κ3) is 6.30. The number of carbonyl (C=O) groups is 2. The van der Waals surface area contributed by atoms with Gasteiger partial charge in [0.2, 0.25) is 5.91 Å². The Labute approximate surface area is 153 Å². The Kier molecular flexibility index (Phi) is 7.52. The lowest BCUT2D eigenvalue weighted by molar-refractivity contribution is -0.123. The third-order valence-corrected chi connectivity index (χ3v) is 4.24. The number of hydrogen-bond donors (Lipinski definition) is 2. The van der Waals surface area contributed by atoms with E-state index in [1.165, 1.54) is 0 Å². The molecule has 0 bridgehead atoms. The quantitative estimate of drug-likeness (QED) is 0.772. The van der Waals surface area contributed by atoms with Gasteiger partial charge in [0, 0.05) is 13.1 Å². The van der Waals surface area contributed by atoms with Crippen LogP contribution in [-0.2, 0) is 4.79 Å². The molecule has 7 heteroatoms. The van der Waals surface area contributed by atoms with Gasteiger partial charge >= 0.3 is 0 Å². The van der Waals surface area contributed by atoms with Crippen LogP contribution in [0.4, 0.5) is 0 Å². The molecule has 0 aliphatic carbocycles. The first-order valence-electron chi connectivity index (χ1n) is 7.71. The molecule has 0 heterocycles. The summed E-state index contributed by atoms with van der Waals surface area (Å²) < 4.78 is 0.